The second-order valence-corrected chi connectivity index (χ2v) is 4.83. The fraction of sp³-hybridized carbons (Fsp3) is 0.533. The molecule has 0 bridgehead atoms. The van der Waals surface area contributed by atoms with Crippen LogP contribution in [-0.4, -0.2) is 31.2 Å². The largest absolute Gasteiger partial charge is 0.497 e. The second-order valence-electron chi connectivity index (χ2n) is 4.83. The zero-order valence-electron chi connectivity index (χ0n) is 11.7. The molecule has 0 heterocycles. The van der Waals surface area contributed by atoms with Gasteiger partial charge in [-0.3, -0.25) is 0 Å². The van der Waals surface area contributed by atoms with E-state index in [9.17, 15) is 9.90 Å². The van der Waals surface area contributed by atoms with E-state index in [4.69, 9.17) is 9.47 Å². The molecule has 0 aliphatic heterocycles. The molecule has 0 spiro atoms. The van der Waals surface area contributed by atoms with Crippen LogP contribution in [0.25, 0.3) is 0 Å². The summed E-state index contributed by atoms with van der Waals surface area (Å²) in [6.07, 6.45) is 0.110. The van der Waals surface area contributed by atoms with E-state index in [1.165, 1.54) is 0 Å². The van der Waals surface area contributed by atoms with Gasteiger partial charge >= 0.3 is 0 Å². The lowest BCUT2D eigenvalue weighted by Gasteiger charge is -2.21. The summed E-state index contributed by atoms with van der Waals surface area (Å²) in [4.78, 5) is 10.6. The number of aldehydes is 1. The summed E-state index contributed by atoms with van der Waals surface area (Å²) in [5.41, 5.74) is 1.05. The summed E-state index contributed by atoms with van der Waals surface area (Å²) >= 11 is 0. The molecule has 4 nitrogen and oxygen atoms in total. The summed E-state index contributed by atoms with van der Waals surface area (Å²) in [5, 5.41) is 9.82. The number of benzene rings is 1. The average Bonchev–Trinajstić information content (AvgIpc) is 2.46. The summed E-state index contributed by atoms with van der Waals surface area (Å²) < 4.78 is 10.6. The third-order valence-electron chi connectivity index (χ3n) is 3.14. The molecule has 1 aromatic rings. The number of carbonyl (C=O) groups is 1. The number of methoxy groups -OCH3 is 1. The molecule has 106 valence electrons. The minimum absolute atomic E-state index is 0.0709. The maximum atomic E-state index is 10.6. The van der Waals surface area contributed by atoms with Crippen LogP contribution in [0.5, 0.6) is 5.75 Å². The molecule has 1 aromatic carbocycles. The Kier molecular flexibility index (Phi) is 6.53. The van der Waals surface area contributed by atoms with Gasteiger partial charge in [-0.25, -0.2) is 0 Å². The van der Waals surface area contributed by atoms with E-state index < -0.39 is 6.10 Å². The Morgan fingerprint density at radius 1 is 1.26 bits per heavy atom. The van der Waals surface area contributed by atoms with Crippen molar-refractivity contribution in [3.05, 3.63) is 29.8 Å². The molecule has 0 saturated carbocycles. The Morgan fingerprint density at radius 3 is 2.42 bits per heavy atom. The first kappa shape index (κ1) is 15.7. The van der Waals surface area contributed by atoms with Crippen molar-refractivity contribution in [3.63, 3.8) is 0 Å². The van der Waals surface area contributed by atoms with Gasteiger partial charge in [0.1, 0.15) is 12.0 Å². The summed E-state index contributed by atoms with van der Waals surface area (Å²) in [6.45, 7) is 4.48. The van der Waals surface area contributed by atoms with E-state index >= 15 is 0 Å². The molecule has 1 N–H and O–H groups in total. The van der Waals surface area contributed by atoms with Crippen LogP contribution in [0, 0.1) is 11.8 Å². The molecular formula is C15H22O4. The Hall–Kier alpha value is -1.39. The van der Waals surface area contributed by atoms with E-state index in [2.05, 4.69) is 0 Å². The Balaban J connectivity index is 2.34. The van der Waals surface area contributed by atoms with Gasteiger partial charge < -0.3 is 19.4 Å². The molecule has 1 rings (SSSR count). The Labute approximate surface area is 114 Å². The third-order valence-corrected chi connectivity index (χ3v) is 3.14. The van der Waals surface area contributed by atoms with Gasteiger partial charge in [0, 0.05) is 11.8 Å². The number of aliphatic hydroxyl groups is 1. The summed E-state index contributed by atoms with van der Waals surface area (Å²) in [5.74, 6) is 0.380. The average molecular weight is 266 g/mol. The SMILES string of the molecule is COc1ccc(COC[C@H](C)[C@H](O)[C@@H](C)C=O)cc1. The van der Waals surface area contributed by atoms with Crippen LogP contribution >= 0.6 is 0 Å². The summed E-state index contributed by atoms with van der Waals surface area (Å²) in [6, 6.07) is 7.64. The van der Waals surface area contributed by atoms with Crippen LogP contribution in [0.3, 0.4) is 0 Å². The minimum Gasteiger partial charge on any atom is -0.497 e. The van der Waals surface area contributed by atoms with Gasteiger partial charge in [-0.05, 0) is 17.7 Å². The molecule has 0 saturated heterocycles. The van der Waals surface area contributed by atoms with Crippen molar-refractivity contribution in [2.75, 3.05) is 13.7 Å². The van der Waals surface area contributed by atoms with Crippen LogP contribution in [0.4, 0.5) is 0 Å². The van der Waals surface area contributed by atoms with Crippen molar-refractivity contribution in [1.29, 1.82) is 0 Å². The van der Waals surface area contributed by atoms with Crippen molar-refractivity contribution in [2.24, 2.45) is 11.8 Å². The van der Waals surface area contributed by atoms with E-state index in [0.29, 0.717) is 13.2 Å². The highest BCUT2D eigenvalue weighted by Gasteiger charge is 2.20. The Bertz CT molecular complexity index is 374. The van der Waals surface area contributed by atoms with Crippen molar-refractivity contribution >= 4 is 6.29 Å². The molecule has 0 aliphatic rings. The van der Waals surface area contributed by atoms with Crippen molar-refractivity contribution < 1.29 is 19.4 Å². The van der Waals surface area contributed by atoms with E-state index in [1.54, 1.807) is 14.0 Å². The van der Waals surface area contributed by atoms with E-state index in [-0.39, 0.29) is 11.8 Å². The maximum absolute atomic E-state index is 10.6. The van der Waals surface area contributed by atoms with Crippen LogP contribution in [0.1, 0.15) is 19.4 Å². The minimum atomic E-state index is -0.659. The fourth-order valence-electron chi connectivity index (χ4n) is 1.78. The number of carbonyl (C=O) groups excluding carboxylic acids is 1. The topological polar surface area (TPSA) is 55.8 Å². The third kappa shape index (κ3) is 5.01. The van der Waals surface area contributed by atoms with E-state index in [1.807, 2.05) is 31.2 Å². The van der Waals surface area contributed by atoms with Gasteiger partial charge in [0.25, 0.3) is 0 Å². The van der Waals surface area contributed by atoms with Gasteiger partial charge in [0.05, 0.1) is 26.4 Å². The van der Waals surface area contributed by atoms with Gasteiger partial charge in [0.2, 0.25) is 0 Å². The van der Waals surface area contributed by atoms with Gasteiger partial charge in [0.15, 0.2) is 0 Å². The highest BCUT2D eigenvalue weighted by molar-refractivity contribution is 5.53. The maximum Gasteiger partial charge on any atom is 0.125 e. The van der Waals surface area contributed by atoms with Gasteiger partial charge in [-0.15, -0.1) is 0 Å². The highest BCUT2D eigenvalue weighted by Crippen LogP contribution is 2.14. The van der Waals surface area contributed by atoms with Crippen molar-refractivity contribution in [2.45, 2.75) is 26.6 Å². The number of rotatable bonds is 8. The first-order chi connectivity index (χ1) is 9.08. The number of hydrogen-bond donors (Lipinski definition) is 1. The lowest BCUT2D eigenvalue weighted by molar-refractivity contribution is -0.115. The molecule has 0 aromatic heterocycles. The predicted molar refractivity (Wildman–Crippen MR) is 73.0 cm³/mol. The molecule has 4 heteroatoms. The fourth-order valence-corrected chi connectivity index (χ4v) is 1.78. The lowest BCUT2D eigenvalue weighted by atomic mass is 9.95. The Morgan fingerprint density at radius 2 is 1.89 bits per heavy atom. The summed E-state index contributed by atoms with van der Waals surface area (Å²) in [7, 11) is 1.63. The quantitative estimate of drug-likeness (QED) is 0.732. The predicted octanol–water partition coefficient (Wildman–Crippen LogP) is 2.04. The zero-order chi connectivity index (χ0) is 14.3. The smallest absolute Gasteiger partial charge is 0.125 e. The van der Waals surface area contributed by atoms with Crippen LogP contribution < -0.4 is 4.74 Å². The van der Waals surface area contributed by atoms with Gasteiger partial charge in [-0.1, -0.05) is 26.0 Å². The van der Waals surface area contributed by atoms with Crippen molar-refractivity contribution in [1.82, 2.24) is 0 Å². The number of ether oxygens (including phenoxy) is 2. The van der Waals surface area contributed by atoms with Gasteiger partial charge in [-0.2, -0.15) is 0 Å². The second kappa shape index (κ2) is 7.92. The number of hydrogen-bond acceptors (Lipinski definition) is 4. The first-order valence-electron chi connectivity index (χ1n) is 6.42. The highest BCUT2D eigenvalue weighted by atomic mass is 16.5. The zero-order valence-corrected chi connectivity index (χ0v) is 11.7. The molecule has 0 unspecified atom stereocenters. The first-order valence-corrected chi connectivity index (χ1v) is 6.42. The molecule has 0 fully saturated rings. The molecule has 0 aliphatic carbocycles. The van der Waals surface area contributed by atoms with Crippen molar-refractivity contribution in [3.8, 4) is 5.75 Å². The standard InChI is InChI=1S/C15H22O4/c1-11(8-16)15(17)12(2)9-19-10-13-4-6-14(18-3)7-5-13/h4-8,11-12,15,17H,9-10H2,1-3H3/t11-,12-,15+/m0/s1. The molecule has 0 amide bonds. The number of aliphatic hydroxyl groups excluding tert-OH is 1. The van der Waals surface area contributed by atoms with E-state index in [0.717, 1.165) is 17.6 Å². The molecule has 3 atom stereocenters. The molecule has 0 radical (unpaired) electrons. The van der Waals surface area contributed by atoms with Crippen LogP contribution in [0.2, 0.25) is 0 Å². The normalized spacial score (nSPS) is 15.6. The lowest BCUT2D eigenvalue weighted by Crippen LogP contribution is -2.29. The molecule has 19 heavy (non-hydrogen) atoms. The van der Waals surface area contributed by atoms with Crippen LogP contribution in [0.15, 0.2) is 24.3 Å². The monoisotopic (exact) mass is 266 g/mol. The molecular weight excluding hydrogens is 244 g/mol. The van der Waals surface area contributed by atoms with Crippen LogP contribution in [-0.2, 0) is 16.1 Å².